The van der Waals surface area contributed by atoms with Gasteiger partial charge in [0.2, 0.25) is 0 Å². The predicted molar refractivity (Wildman–Crippen MR) is 141 cm³/mol. The Bertz CT molecular complexity index is 1070. The monoisotopic (exact) mass is 521 g/mol. The molecule has 5 heteroatoms. The highest BCUT2D eigenvalue weighted by Crippen LogP contribution is 2.54. The molecule has 2 aliphatic heterocycles. The minimum absolute atomic E-state index is 0.378. The van der Waals surface area contributed by atoms with Crippen molar-refractivity contribution in [2.75, 3.05) is 31.2 Å². The lowest BCUT2D eigenvalue weighted by Crippen LogP contribution is -2.59. The molecular weight excluding hydrogens is 486 g/mol. The van der Waals surface area contributed by atoms with Gasteiger partial charge >= 0.3 is 0 Å². The fourth-order valence-corrected chi connectivity index (χ4v) is 7.24. The van der Waals surface area contributed by atoms with Gasteiger partial charge in [-0.05, 0) is 89.2 Å². The van der Waals surface area contributed by atoms with Crippen molar-refractivity contribution < 1.29 is 4.74 Å². The first kappa shape index (κ1) is 23.9. The zero-order chi connectivity index (χ0) is 23.9. The maximum atomic E-state index is 9.24. The summed E-state index contributed by atoms with van der Waals surface area (Å²) >= 11 is 3.57. The molecule has 1 saturated carbocycles. The number of halogens is 1. The topological polar surface area (TPSA) is 39.5 Å². The van der Waals surface area contributed by atoms with Crippen LogP contribution in [0.2, 0.25) is 0 Å². The Kier molecular flexibility index (Phi) is 6.77. The molecular formula is C29H36BrN3O. The second kappa shape index (κ2) is 9.64. The number of ether oxygens (including phenoxy) is 1. The summed E-state index contributed by atoms with van der Waals surface area (Å²) in [6.45, 7) is 10.8. The van der Waals surface area contributed by atoms with Crippen molar-refractivity contribution in [3.63, 3.8) is 0 Å². The van der Waals surface area contributed by atoms with E-state index in [4.69, 9.17) is 4.74 Å². The Morgan fingerprint density at radius 2 is 1.91 bits per heavy atom. The summed E-state index contributed by atoms with van der Waals surface area (Å²) in [5, 5.41) is 9.24. The summed E-state index contributed by atoms with van der Waals surface area (Å²) in [6, 6.07) is 18.9. The molecule has 0 N–H and O–H groups in total. The van der Waals surface area contributed by atoms with E-state index in [0.717, 1.165) is 30.8 Å². The Labute approximate surface area is 213 Å². The molecule has 1 spiro atoms. The zero-order valence-electron chi connectivity index (χ0n) is 20.6. The molecule has 5 rings (SSSR count). The first-order chi connectivity index (χ1) is 16.4. The van der Waals surface area contributed by atoms with E-state index in [0.29, 0.717) is 35.0 Å². The van der Waals surface area contributed by atoms with E-state index in [1.807, 2.05) is 6.07 Å². The molecule has 0 radical (unpaired) electrons. The summed E-state index contributed by atoms with van der Waals surface area (Å²) in [5.74, 6) is 0.528. The summed E-state index contributed by atoms with van der Waals surface area (Å²) in [6.07, 6.45) is 5.12. The average molecular weight is 523 g/mol. The van der Waals surface area contributed by atoms with Gasteiger partial charge in [-0.1, -0.05) is 38.1 Å². The number of hydrogen-bond donors (Lipinski definition) is 0. The Balaban J connectivity index is 1.27. The molecule has 2 aromatic carbocycles. The van der Waals surface area contributed by atoms with Crippen molar-refractivity contribution >= 4 is 21.6 Å². The van der Waals surface area contributed by atoms with Gasteiger partial charge in [-0.2, -0.15) is 5.26 Å². The van der Waals surface area contributed by atoms with Crippen molar-refractivity contribution in [2.24, 2.45) is 5.41 Å². The lowest BCUT2D eigenvalue weighted by atomic mass is 9.58. The highest BCUT2D eigenvalue weighted by molar-refractivity contribution is 9.10. The van der Waals surface area contributed by atoms with Crippen LogP contribution in [0.25, 0.3) is 0 Å². The Hall–Kier alpha value is -1.87. The number of hydrogen-bond acceptors (Lipinski definition) is 4. The summed E-state index contributed by atoms with van der Waals surface area (Å²) in [7, 11) is 0. The fourth-order valence-electron chi connectivity index (χ4n) is 6.78. The van der Waals surface area contributed by atoms with Gasteiger partial charge in [0.05, 0.1) is 24.8 Å². The van der Waals surface area contributed by atoms with Crippen molar-refractivity contribution in [1.29, 1.82) is 5.26 Å². The van der Waals surface area contributed by atoms with E-state index in [2.05, 4.69) is 89.0 Å². The number of rotatable bonds is 4. The normalized spacial score (nSPS) is 29.8. The van der Waals surface area contributed by atoms with Gasteiger partial charge in [-0.25, -0.2) is 0 Å². The first-order valence-corrected chi connectivity index (χ1v) is 13.6. The fraction of sp³-hybridized carbons (Fsp3) is 0.552. The molecule has 34 heavy (non-hydrogen) atoms. The molecule has 1 aliphatic carbocycles. The Morgan fingerprint density at radius 1 is 1.12 bits per heavy atom. The van der Waals surface area contributed by atoms with E-state index in [-0.39, 0.29) is 0 Å². The van der Waals surface area contributed by atoms with E-state index < -0.39 is 0 Å². The highest BCUT2D eigenvalue weighted by Gasteiger charge is 2.51. The van der Waals surface area contributed by atoms with Crippen molar-refractivity contribution in [2.45, 2.75) is 70.5 Å². The smallest absolute Gasteiger partial charge is 0.100 e. The molecule has 0 bridgehead atoms. The van der Waals surface area contributed by atoms with Crippen LogP contribution in [-0.4, -0.2) is 43.3 Å². The van der Waals surface area contributed by atoms with Crippen molar-refractivity contribution in [3.05, 3.63) is 63.6 Å². The minimum Gasteiger partial charge on any atom is -0.378 e. The van der Waals surface area contributed by atoms with Gasteiger partial charge in [0.1, 0.15) is 6.07 Å². The molecule has 0 amide bonds. The second-order valence-corrected chi connectivity index (χ2v) is 11.8. The molecule has 2 heterocycles. The van der Waals surface area contributed by atoms with Crippen LogP contribution in [-0.2, 0) is 4.74 Å². The lowest BCUT2D eigenvalue weighted by molar-refractivity contribution is -0.0939. The maximum Gasteiger partial charge on any atom is 0.100 e. The van der Waals surface area contributed by atoms with Gasteiger partial charge in [0, 0.05) is 35.3 Å². The quantitative estimate of drug-likeness (QED) is 0.451. The van der Waals surface area contributed by atoms with Gasteiger partial charge in [-0.3, -0.25) is 4.90 Å². The predicted octanol–water partition coefficient (Wildman–Crippen LogP) is 6.66. The third kappa shape index (κ3) is 4.41. The number of nitriles is 1. The first-order valence-electron chi connectivity index (χ1n) is 12.8. The van der Waals surface area contributed by atoms with Crippen LogP contribution in [0, 0.1) is 16.7 Å². The van der Waals surface area contributed by atoms with Gasteiger partial charge in [-0.15, -0.1) is 0 Å². The van der Waals surface area contributed by atoms with Gasteiger partial charge in [0.25, 0.3) is 0 Å². The van der Waals surface area contributed by atoms with E-state index in [1.165, 1.54) is 42.5 Å². The molecule has 2 aromatic rings. The third-order valence-electron chi connectivity index (χ3n) is 8.50. The van der Waals surface area contributed by atoms with Crippen LogP contribution in [0.15, 0.2) is 46.9 Å². The van der Waals surface area contributed by atoms with Crippen LogP contribution in [0.1, 0.15) is 75.1 Å². The molecule has 3 aliphatic rings. The standard InChI is InChI=1S/C29H36BrN3O/c1-20(2)25-6-4-5-7-26(25)28-19-34-13-12-33(28)24-16-29(17-24)10-11-32(21(3)15-29)23-9-8-22(18-31)27(30)14-23/h4-9,14,20-21,24,28H,10-13,15-17,19H2,1-3H3/t21?,24?,28-,29?/m0/s1. The van der Waals surface area contributed by atoms with Crippen LogP contribution in [0.5, 0.6) is 0 Å². The molecule has 2 atom stereocenters. The summed E-state index contributed by atoms with van der Waals surface area (Å²) < 4.78 is 6.88. The minimum atomic E-state index is 0.378. The number of morpholine rings is 1. The molecule has 1 unspecified atom stereocenters. The van der Waals surface area contributed by atoms with E-state index in [1.54, 1.807) is 0 Å². The van der Waals surface area contributed by atoms with Crippen LogP contribution in [0.3, 0.4) is 0 Å². The van der Waals surface area contributed by atoms with Crippen LogP contribution in [0.4, 0.5) is 5.69 Å². The maximum absolute atomic E-state index is 9.24. The number of nitrogens with zero attached hydrogens (tertiary/aromatic N) is 3. The second-order valence-electron chi connectivity index (χ2n) is 10.9. The lowest BCUT2D eigenvalue weighted by Gasteiger charge is -2.59. The zero-order valence-corrected chi connectivity index (χ0v) is 22.2. The number of piperidine rings is 1. The van der Waals surface area contributed by atoms with Crippen LogP contribution >= 0.6 is 15.9 Å². The molecule has 4 nitrogen and oxygen atoms in total. The van der Waals surface area contributed by atoms with Gasteiger partial charge in [0.15, 0.2) is 0 Å². The molecule has 180 valence electrons. The summed E-state index contributed by atoms with van der Waals surface area (Å²) in [5.41, 5.74) is 5.33. The number of anilines is 1. The van der Waals surface area contributed by atoms with E-state index in [9.17, 15) is 5.26 Å². The number of benzene rings is 2. The van der Waals surface area contributed by atoms with Gasteiger partial charge < -0.3 is 9.64 Å². The average Bonchev–Trinajstić information content (AvgIpc) is 2.82. The summed E-state index contributed by atoms with van der Waals surface area (Å²) in [4.78, 5) is 5.30. The SMILES string of the molecule is CC(C)c1ccccc1[C@@H]1COCCN1C1CC2(CCN(c3ccc(C#N)c(Br)c3)C(C)C2)C1. The highest BCUT2D eigenvalue weighted by atomic mass is 79.9. The van der Waals surface area contributed by atoms with E-state index >= 15 is 0 Å². The van der Waals surface area contributed by atoms with Crippen molar-refractivity contribution in [1.82, 2.24) is 4.90 Å². The molecule has 0 aromatic heterocycles. The molecule has 2 saturated heterocycles. The Morgan fingerprint density at radius 3 is 2.62 bits per heavy atom. The molecule has 3 fully saturated rings. The largest absolute Gasteiger partial charge is 0.378 e. The van der Waals surface area contributed by atoms with Crippen LogP contribution < -0.4 is 4.90 Å². The third-order valence-corrected chi connectivity index (χ3v) is 9.16. The van der Waals surface area contributed by atoms with Crippen molar-refractivity contribution in [3.8, 4) is 6.07 Å².